The van der Waals surface area contributed by atoms with Gasteiger partial charge in [-0.25, -0.2) is 9.97 Å². The normalized spacial score (nSPS) is 15.0. The van der Waals surface area contributed by atoms with Crippen molar-refractivity contribution in [2.45, 2.75) is 0 Å². The number of fused-ring (bicyclic) bond motifs is 2. The molecule has 32 heavy (non-hydrogen) atoms. The molecule has 8 nitrogen and oxygen atoms in total. The molecular formula is C24H23N7O. The van der Waals surface area contributed by atoms with Crippen LogP contribution in [0.1, 0.15) is 0 Å². The molecule has 8 heteroatoms. The van der Waals surface area contributed by atoms with E-state index in [2.05, 4.69) is 55.2 Å². The van der Waals surface area contributed by atoms with Crippen LogP contribution in [-0.4, -0.2) is 63.3 Å². The quantitative estimate of drug-likeness (QED) is 0.452. The molecule has 0 atom stereocenters. The van der Waals surface area contributed by atoms with Crippen LogP contribution in [0.15, 0.2) is 60.8 Å². The Bertz CT molecular complexity index is 1380. The number of piperazine rings is 1. The molecule has 2 aromatic carbocycles. The maximum absolute atomic E-state index is 5.84. The third-order valence-electron chi connectivity index (χ3n) is 5.95. The summed E-state index contributed by atoms with van der Waals surface area (Å²) in [4.78, 5) is 17.2. The molecule has 1 fully saturated rings. The molecule has 1 saturated heterocycles. The zero-order valence-electron chi connectivity index (χ0n) is 17.7. The zero-order chi connectivity index (χ0) is 21.5. The van der Waals surface area contributed by atoms with E-state index in [1.807, 2.05) is 36.4 Å². The average Bonchev–Trinajstić information content (AvgIpc) is 3.43. The summed E-state index contributed by atoms with van der Waals surface area (Å²) in [6, 6.07) is 17.8. The molecule has 160 valence electrons. The highest BCUT2D eigenvalue weighted by atomic mass is 16.5. The summed E-state index contributed by atoms with van der Waals surface area (Å²) in [5.41, 5.74) is 4.85. The van der Waals surface area contributed by atoms with Gasteiger partial charge < -0.3 is 19.5 Å². The molecule has 3 aromatic heterocycles. The standard InChI is InChI=1S/C24H23N7O/c1-30-10-12-31(13-11-30)16-5-8-19-21(14-16)27-24(26-19)23-18-7-6-17(15-20(18)28-29-23)32-22-4-2-3-9-25-22/h2-9,14-15H,10-13H2,1H3,(H,26,27)(H,28,29). The Hall–Kier alpha value is -3.91. The van der Waals surface area contributed by atoms with Crippen LogP contribution >= 0.6 is 0 Å². The van der Waals surface area contributed by atoms with Gasteiger partial charge in [-0.2, -0.15) is 5.10 Å². The highest BCUT2D eigenvalue weighted by Gasteiger charge is 2.17. The van der Waals surface area contributed by atoms with E-state index >= 15 is 0 Å². The van der Waals surface area contributed by atoms with Gasteiger partial charge in [0.2, 0.25) is 5.88 Å². The largest absolute Gasteiger partial charge is 0.439 e. The number of nitrogens with zero attached hydrogens (tertiary/aromatic N) is 5. The van der Waals surface area contributed by atoms with Crippen LogP contribution in [0.4, 0.5) is 5.69 Å². The predicted octanol–water partition coefficient (Wildman–Crippen LogP) is 4.05. The summed E-state index contributed by atoms with van der Waals surface area (Å²) in [7, 11) is 2.17. The lowest BCUT2D eigenvalue weighted by atomic mass is 10.2. The molecule has 4 heterocycles. The molecule has 1 aliphatic heterocycles. The van der Waals surface area contributed by atoms with Crippen molar-refractivity contribution in [3.8, 4) is 23.1 Å². The molecule has 0 bridgehead atoms. The van der Waals surface area contributed by atoms with Gasteiger partial charge >= 0.3 is 0 Å². The fourth-order valence-corrected chi connectivity index (χ4v) is 4.14. The number of nitrogens with one attached hydrogen (secondary N) is 2. The van der Waals surface area contributed by atoms with Crippen molar-refractivity contribution < 1.29 is 4.74 Å². The lowest BCUT2D eigenvalue weighted by Crippen LogP contribution is -2.44. The van der Waals surface area contributed by atoms with Crippen molar-refractivity contribution in [2.24, 2.45) is 0 Å². The number of aromatic nitrogens is 5. The van der Waals surface area contributed by atoms with Crippen LogP contribution in [0.25, 0.3) is 33.5 Å². The minimum absolute atomic E-state index is 0.556. The van der Waals surface area contributed by atoms with E-state index in [4.69, 9.17) is 9.72 Å². The van der Waals surface area contributed by atoms with Gasteiger partial charge in [0.15, 0.2) is 5.82 Å². The van der Waals surface area contributed by atoms with Gasteiger partial charge in [0.25, 0.3) is 0 Å². The molecule has 5 aromatic rings. The van der Waals surface area contributed by atoms with Crippen LogP contribution in [0.3, 0.4) is 0 Å². The van der Waals surface area contributed by atoms with Crippen LogP contribution in [0.5, 0.6) is 11.6 Å². The van der Waals surface area contributed by atoms with Crippen molar-refractivity contribution in [1.82, 2.24) is 30.0 Å². The highest BCUT2D eigenvalue weighted by molar-refractivity contribution is 5.94. The summed E-state index contributed by atoms with van der Waals surface area (Å²) >= 11 is 0. The number of likely N-dealkylation sites (N-methyl/N-ethyl adjacent to an activating group) is 1. The molecule has 0 radical (unpaired) electrons. The predicted molar refractivity (Wildman–Crippen MR) is 125 cm³/mol. The number of hydrogen-bond acceptors (Lipinski definition) is 6. The van der Waals surface area contributed by atoms with E-state index in [9.17, 15) is 0 Å². The van der Waals surface area contributed by atoms with E-state index in [0.717, 1.165) is 59.6 Å². The fraction of sp³-hybridized carbons (Fsp3) is 0.208. The minimum atomic E-state index is 0.556. The SMILES string of the molecule is CN1CCN(c2ccc3nc(-c4n[nH]c5cc(Oc6ccccn6)ccc45)[nH]c3c2)CC1. The molecular weight excluding hydrogens is 402 g/mol. The van der Waals surface area contributed by atoms with E-state index in [-0.39, 0.29) is 0 Å². The Morgan fingerprint density at radius 1 is 0.938 bits per heavy atom. The Morgan fingerprint density at radius 2 is 1.84 bits per heavy atom. The first-order chi connectivity index (χ1) is 15.7. The third-order valence-corrected chi connectivity index (χ3v) is 5.95. The summed E-state index contributed by atoms with van der Waals surface area (Å²) < 4.78 is 5.84. The fourth-order valence-electron chi connectivity index (χ4n) is 4.14. The number of anilines is 1. The topological polar surface area (TPSA) is 86.0 Å². The monoisotopic (exact) mass is 425 g/mol. The molecule has 1 aliphatic rings. The number of rotatable bonds is 4. The molecule has 2 N–H and O–H groups in total. The van der Waals surface area contributed by atoms with E-state index in [1.54, 1.807) is 6.20 Å². The van der Waals surface area contributed by atoms with Gasteiger partial charge in [0.05, 0.1) is 16.6 Å². The number of hydrogen-bond donors (Lipinski definition) is 2. The maximum Gasteiger partial charge on any atom is 0.219 e. The van der Waals surface area contributed by atoms with Gasteiger partial charge in [-0.15, -0.1) is 0 Å². The van der Waals surface area contributed by atoms with Gasteiger partial charge in [0, 0.05) is 55.6 Å². The zero-order valence-corrected chi connectivity index (χ0v) is 17.7. The third kappa shape index (κ3) is 3.44. The van der Waals surface area contributed by atoms with Gasteiger partial charge in [-0.05, 0) is 43.4 Å². The van der Waals surface area contributed by atoms with Crippen LogP contribution in [-0.2, 0) is 0 Å². The Labute approximate surface area is 184 Å². The van der Waals surface area contributed by atoms with Crippen molar-refractivity contribution in [3.05, 3.63) is 60.8 Å². The lowest BCUT2D eigenvalue weighted by Gasteiger charge is -2.34. The second-order valence-corrected chi connectivity index (χ2v) is 8.13. The van der Waals surface area contributed by atoms with Gasteiger partial charge in [-0.3, -0.25) is 5.10 Å². The number of ether oxygens (including phenoxy) is 1. The molecule has 6 rings (SSSR count). The lowest BCUT2D eigenvalue weighted by molar-refractivity contribution is 0.313. The van der Waals surface area contributed by atoms with Crippen molar-refractivity contribution in [2.75, 3.05) is 38.1 Å². The van der Waals surface area contributed by atoms with Crippen LogP contribution in [0.2, 0.25) is 0 Å². The number of imidazole rings is 1. The molecule has 0 unspecified atom stereocenters. The minimum Gasteiger partial charge on any atom is -0.439 e. The number of H-pyrrole nitrogens is 2. The van der Waals surface area contributed by atoms with Gasteiger partial charge in [0.1, 0.15) is 11.4 Å². The summed E-state index contributed by atoms with van der Waals surface area (Å²) in [6.07, 6.45) is 1.71. The van der Waals surface area contributed by atoms with Crippen molar-refractivity contribution in [1.29, 1.82) is 0 Å². The Balaban J connectivity index is 1.30. The molecule has 0 amide bonds. The van der Waals surface area contributed by atoms with E-state index in [1.165, 1.54) is 5.69 Å². The van der Waals surface area contributed by atoms with Crippen molar-refractivity contribution in [3.63, 3.8) is 0 Å². The molecule has 0 saturated carbocycles. The second kappa shape index (κ2) is 7.65. The Kier molecular flexibility index (Phi) is 4.50. The van der Waals surface area contributed by atoms with Crippen LogP contribution < -0.4 is 9.64 Å². The average molecular weight is 425 g/mol. The van der Waals surface area contributed by atoms with Crippen molar-refractivity contribution >= 4 is 27.6 Å². The first-order valence-electron chi connectivity index (χ1n) is 10.7. The summed E-state index contributed by atoms with van der Waals surface area (Å²) in [5, 5.41) is 8.61. The summed E-state index contributed by atoms with van der Waals surface area (Å²) in [6.45, 7) is 4.24. The number of benzene rings is 2. The molecule has 0 spiro atoms. The second-order valence-electron chi connectivity index (χ2n) is 8.13. The van der Waals surface area contributed by atoms with Crippen LogP contribution in [0, 0.1) is 0 Å². The van der Waals surface area contributed by atoms with E-state index in [0.29, 0.717) is 11.6 Å². The number of aromatic amines is 2. The maximum atomic E-state index is 5.84. The smallest absolute Gasteiger partial charge is 0.219 e. The number of pyridine rings is 1. The molecule has 0 aliphatic carbocycles. The first kappa shape index (κ1) is 18.8. The van der Waals surface area contributed by atoms with E-state index < -0.39 is 0 Å². The Morgan fingerprint density at radius 3 is 2.69 bits per heavy atom. The van der Waals surface area contributed by atoms with Gasteiger partial charge in [-0.1, -0.05) is 6.07 Å². The highest BCUT2D eigenvalue weighted by Crippen LogP contribution is 2.31. The first-order valence-corrected chi connectivity index (χ1v) is 10.7. The summed E-state index contributed by atoms with van der Waals surface area (Å²) in [5.74, 6) is 2.01.